The van der Waals surface area contributed by atoms with Crippen molar-refractivity contribution in [2.24, 2.45) is 0 Å². The van der Waals surface area contributed by atoms with Crippen LogP contribution in [0.3, 0.4) is 0 Å². The van der Waals surface area contributed by atoms with Gasteiger partial charge in [-0.3, -0.25) is 0 Å². The van der Waals surface area contributed by atoms with E-state index in [1.807, 2.05) is 0 Å². The lowest BCUT2D eigenvalue weighted by Crippen LogP contribution is -2.00. The summed E-state index contributed by atoms with van der Waals surface area (Å²) in [5.41, 5.74) is 1.11. The first-order valence-electron chi connectivity index (χ1n) is 8.51. The Hall–Kier alpha value is -0.870. The summed E-state index contributed by atoms with van der Waals surface area (Å²) in [5, 5.41) is 0. The predicted molar refractivity (Wildman–Crippen MR) is 96.8 cm³/mol. The number of benzene rings is 1. The van der Waals surface area contributed by atoms with E-state index in [0.717, 1.165) is 12.0 Å². The Labute approximate surface area is 143 Å². The second-order valence-corrected chi connectivity index (χ2v) is 7.57. The highest BCUT2D eigenvalue weighted by Gasteiger charge is 2.07. The van der Waals surface area contributed by atoms with Crippen LogP contribution in [0.5, 0.6) is 0 Å². The van der Waals surface area contributed by atoms with Gasteiger partial charge in [0.25, 0.3) is 0 Å². The maximum absolute atomic E-state index is 10.9. The highest BCUT2D eigenvalue weighted by molar-refractivity contribution is 7.85. The molecule has 0 aromatic heterocycles. The molecule has 1 aromatic rings. The molecule has 0 saturated heterocycles. The van der Waals surface area contributed by atoms with Crippen molar-refractivity contribution in [3.05, 3.63) is 29.8 Å². The molecule has 1 atom stereocenters. The van der Waals surface area contributed by atoms with E-state index in [1.54, 1.807) is 12.1 Å². The average Bonchev–Trinajstić information content (AvgIpc) is 2.49. The molecule has 0 radical (unpaired) electrons. The zero-order chi connectivity index (χ0) is 16.4. The molecule has 0 spiro atoms. The molecule has 1 unspecified atom stereocenters. The highest BCUT2D eigenvalue weighted by Crippen LogP contribution is 2.23. The van der Waals surface area contributed by atoms with Crippen molar-refractivity contribution in [1.82, 2.24) is 0 Å². The Morgan fingerprint density at radius 3 is 1.87 bits per heavy atom. The van der Waals surface area contributed by atoms with E-state index >= 15 is 0 Å². The van der Waals surface area contributed by atoms with Gasteiger partial charge in [-0.25, -0.2) is 8.42 Å². The lowest BCUT2D eigenvalue weighted by atomic mass is 9.95. The molecule has 0 aliphatic carbocycles. The van der Waals surface area contributed by atoms with Crippen LogP contribution in [0, 0.1) is 0 Å². The quantitative estimate of drug-likeness (QED) is 0.374. The Kier molecular flexibility index (Phi) is 11.2. The third-order valence-corrected chi connectivity index (χ3v) is 5.08. The Balaban J connectivity index is 0.00000484. The zero-order valence-electron chi connectivity index (χ0n) is 13.9. The molecule has 4 heteroatoms. The maximum atomic E-state index is 10.9. The van der Waals surface area contributed by atoms with Crippen LogP contribution in [-0.2, 0) is 10.1 Å². The Morgan fingerprint density at radius 2 is 1.39 bits per heavy atom. The average molecular weight is 342 g/mol. The van der Waals surface area contributed by atoms with Gasteiger partial charge in [0.2, 0.25) is 0 Å². The van der Waals surface area contributed by atoms with Crippen LogP contribution < -0.4 is 0 Å². The second-order valence-electron chi connectivity index (χ2n) is 6.19. The first-order chi connectivity index (χ1) is 10.4. The van der Waals surface area contributed by atoms with E-state index in [4.69, 9.17) is 0 Å². The van der Waals surface area contributed by atoms with E-state index in [2.05, 4.69) is 13.8 Å². The van der Waals surface area contributed by atoms with Crippen LogP contribution in [0.1, 0.15) is 90.5 Å². The minimum absolute atomic E-state index is 0. The number of hydrogen-bond donors (Lipinski definition) is 0. The summed E-state index contributed by atoms with van der Waals surface area (Å²) in [4.78, 5) is -0.143. The normalized spacial score (nSPS) is 12.7. The minimum Gasteiger partial charge on any atom is -0.744 e. The Morgan fingerprint density at radius 1 is 0.913 bits per heavy atom. The summed E-state index contributed by atoms with van der Waals surface area (Å²) in [6.45, 7) is 4.39. The molecule has 1 rings (SSSR count). The molecule has 0 amide bonds. The molecule has 0 fully saturated rings. The molecule has 23 heavy (non-hydrogen) atoms. The number of unbranched alkanes of at least 4 members (excludes halogenated alkanes) is 7. The second kappa shape index (κ2) is 11.6. The summed E-state index contributed by atoms with van der Waals surface area (Å²) >= 11 is 0. The van der Waals surface area contributed by atoms with Gasteiger partial charge in [-0.2, -0.15) is 0 Å². The van der Waals surface area contributed by atoms with Gasteiger partial charge in [-0.1, -0.05) is 84.8 Å². The van der Waals surface area contributed by atoms with Crippen molar-refractivity contribution in [3.63, 3.8) is 0 Å². The number of hydrogen-bond acceptors (Lipinski definition) is 3. The van der Waals surface area contributed by atoms with Crippen LogP contribution in [0.2, 0.25) is 0 Å². The fraction of sp³-hybridized carbons (Fsp3) is 0.684. The molecule has 3 nitrogen and oxygen atoms in total. The maximum Gasteiger partial charge on any atom is 0.124 e. The van der Waals surface area contributed by atoms with Crippen LogP contribution in [0.15, 0.2) is 29.2 Å². The molecule has 0 aliphatic heterocycles. The van der Waals surface area contributed by atoms with E-state index in [0.29, 0.717) is 5.92 Å². The summed E-state index contributed by atoms with van der Waals surface area (Å²) in [6.07, 6.45) is 11.6. The van der Waals surface area contributed by atoms with Crippen LogP contribution >= 0.6 is 0 Å². The predicted octanol–water partition coefficient (Wildman–Crippen LogP) is 5.86. The van der Waals surface area contributed by atoms with E-state index < -0.39 is 10.1 Å². The third-order valence-electron chi connectivity index (χ3n) is 4.23. The van der Waals surface area contributed by atoms with Gasteiger partial charge in [-0.15, -0.1) is 0 Å². The first-order valence-corrected chi connectivity index (χ1v) is 9.92. The largest absolute Gasteiger partial charge is 0.744 e. The lowest BCUT2D eigenvalue weighted by molar-refractivity contribution is 0.463. The van der Waals surface area contributed by atoms with Gasteiger partial charge < -0.3 is 4.55 Å². The van der Waals surface area contributed by atoms with Crippen molar-refractivity contribution in [2.75, 3.05) is 0 Å². The summed E-state index contributed by atoms with van der Waals surface area (Å²) in [6, 6.07) is 6.37. The van der Waals surface area contributed by atoms with Crippen molar-refractivity contribution >= 4 is 10.1 Å². The zero-order valence-corrected chi connectivity index (χ0v) is 14.7. The lowest BCUT2D eigenvalue weighted by Gasteiger charge is -2.13. The SMILES string of the molecule is C.CCCCCCCCCCC(C)c1ccc(S(=O)(=O)[O-])cc1. The third kappa shape index (κ3) is 9.11. The van der Waals surface area contributed by atoms with Crippen LogP contribution in [-0.4, -0.2) is 13.0 Å². The fourth-order valence-electron chi connectivity index (χ4n) is 2.71. The first kappa shape index (κ1) is 22.1. The monoisotopic (exact) mass is 341 g/mol. The molecular weight excluding hydrogens is 308 g/mol. The summed E-state index contributed by atoms with van der Waals surface area (Å²) in [7, 11) is -4.33. The molecule has 0 saturated carbocycles. The van der Waals surface area contributed by atoms with E-state index in [9.17, 15) is 13.0 Å². The van der Waals surface area contributed by atoms with E-state index in [1.165, 1.54) is 63.5 Å². The topological polar surface area (TPSA) is 57.2 Å². The van der Waals surface area contributed by atoms with Crippen molar-refractivity contribution in [2.45, 2.75) is 89.9 Å². The van der Waals surface area contributed by atoms with E-state index in [-0.39, 0.29) is 12.3 Å². The molecular formula is C19H33O3S-. The van der Waals surface area contributed by atoms with Gasteiger partial charge in [-0.05, 0) is 30.0 Å². The fourth-order valence-corrected chi connectivity index (χ4v) is 3.18. The Bertz CT molecular complexity index is 506. The smallest absolute Gasteiger partial charge is 0.124 e. The van der Waals surface area contributed by atoms with Crippen LogP contribution in [0.25, 0.3) is 0 Å². The molecule has 134 valence electrons. The molecule has 0 bridgehead atoms. The van der Waals surface area contributed by atoms with Crippen molar-refractivity contribution < 1.29 is 13.0 Å². The van der Waals surface area contributed by atoms with Crippen molar-refractivity contribution in [3.8, 4) is 0 Å². The minimum atomic E-state index is -4.33. The standard InChI is InChI=1S/C18H30O3S.CH4/c1-3-4-5-6-7-8-9-10-11-16(2)17-12-14-18(15-13-17)22(19,20)21;/h12-16H,3-11H2,1-2H3,(H,19,20,21);1H4/p-1. The molecule has 1 aromatic carbocycles. The molecule has 0 heterocycles. The molecule has 0 N–H and O–H groups in total. The van der Waals surface area contributed by atoms with Gasteiger partial charge in [0, 0.05) is 0 Å². The summed E-state index contributed by atoms with van der Waals surface area (Å²) in [5.74, 6) is 0.406. The number of rotatable bonds is 11. The highest BCUT2D eigenvalue weighted by atomic mass is 32.2. The van der Waals surface area contributed by atoms with Gasteiger partial charge in [0.15, 0.2) is 0 Å². The van der Waals surface area contributed by atoms with Gasteiger partial charge >= 0.3 is 0 Å². The molecule has 0 aliphatic rings. The van der Waals surface area contributed by atoms with Crippen LogP contribution in [0.4, 0.5) is 0 Å². The van der Waals surface area contributed by atoms with Gasteiger partial charge in [0.1, 0.15) is 10.1 Å². The summed E-state index contributed by atoms with van der Waals surface area (Å²) < 4.78 is 32.7. The van der Waals surface area contributed by atoms with Crippen molar-refractivity contribution in [1.29, 1.82) is 0 Å². The van der Waals surface area contributed by atoms with Gasteiger partial charge in [0.05, 0.1) is 4.90 Å².